The largest absolute Gasteiger partial charge is 0.481 e. The van der Waals surface area contributed by atoms with Crippen LogP contribution in [0, 0.1) is 0 Å². The van der Waals surface area contributed by atoms with Crippen molar-refractivity contribution in [3.8, 4) is 0 Å². The van der Waals surface area contributed by atoms with E-state index in [0.29, 0.717) is 32.2 Å². The second-order valence-corrected chi connectivity index (χ2v) is 13.8. The van der Waals surface area contributed by atoms with Gasteiger partial charge in [-0.05, 0) is 44.9 Å². The molecule has 15 nitrogen and oxygen atoms in total. The number of carbonyl (C=O) groups is 7. The fourth-order valence-electron chi connectivity index (χ4n) is 5.70. The van der Waals surface area contributed by atoms with E-state index in [2.05, 4.69) is 30.4 Å². The Hall–Kier alpha value is -3.32. The highest BCUT2D eigenvalue weighted by atomic mass is 31.0. The molecule has 0 aromatic carbocycles. The Bertz CT molecular complexity index is 1060. The van der Waals surface area contributed by atoms with E-state index >= 15 is 0 Å². The lowest BCUT2D eigenvalue weighted by Gasteiger charge is -2.17. The number of carboxylic acids is 4. The molecule has 8 N–H and O–H groups in total. The molecule has 0 heterocycles. The van der Waals surface area contributed by atoms with E-state index in [0.717, 1.165) is 44.9 Å². The van der Waals surface area contributed by atoms with Crippen LogP contribution in [0.1, 0.15) is 161 Å². The highest BCUT2D eigenvalue weighted by Crippen LogP contribution is 2.15. The number of hydrogen-bond acceptors (Lipinski definition) is 8. The predicted molar refractivity (Wildman–Crippen MR) is 199 cm³/mol. The van der Waals surface area contributed by atoms with E-state index in [1.165, 1.54) is 51.4 Å². The van der Waals surface area contributed by atoms with Crippen molar-refractivity contribution < 1.29 is 54.0 Å². The van der Waals surface area contributed by atoms with E-state index in [9.17, 15) is 43.8 Å². The van der Waals surface area contributed by atoms with E-state index < -0.39 is 59.7 Å². The first kappa shape index (κ1) is 48.7. The minimum absolute atomic E-state index is 0.168. The van der Waals surface area contributed by atoms with Gasteiger partial charge in [0.1, 0.15) is 18.1 Å². The second kappa shape index (κ2) is 32.3. The van der Waals surface area contributed by atoms with Gasteiger partial charge in [0.25, 0.3) is 0 Å². The van der Waals surface area contributed by atoms with Gasteiger partial charge in [0.15, 0.2) is 0 Å². The Balaban J connectivity index is 4.04. The number of nitrogens with one attached hydrogen (secondary N) is 4. The number of hydrogen-bond donors (Lipinski definition) is 8. The molecule has 0 radical (unpaired) electrons. The van der Waals surface area contributed by atoms with Crippen molar-refractivity contribution in [3.63, 3.8) is 0 Å². The van der Waals surface area contributed by atoms with Gasteiger partial charge in [0.2, 0.25) is 17.7 Å². The molecule has 0 saturated carbocycles. The van der Waals surface area contributed by atoms with Gasteiger partial charge >= 0.3 is 23.9 Å². The average Bonchev–Trinajstić information content (AvgIpc) is 3.08. The Morgan fingerprint density at radius 2 is 0.769 bits per heavy atom. The van der Waals surface area contributed by atoms with Crippen LogP contribution in [0.5, 0.6) is 0 Å². The minimum Gasteiger partial charge on any atom is -0.481 e. The van der Waals surface area contributed by atoms with Gasteiger partial charge in [-0.25, -0.2) is 9.59 Å². The summed E-state index contributed by atoms with van der Waals surface area (Å²) in [7, 11) is 2.16. The van der Waals surface area contributed by atoms with Crippen molar-refractivity contribution in [1.82, 2.24) is 21.0 Å². The van der Waals surface area contributed by atoms with Crippen LogP contribution in [0.4, 0.5) is 0 Å². The molecule has 0 rings (SSSR count). The molecule has 1 unspecified atom stereocenters. The molecule has 0 aromatic rings. The standard InChI is InChI=1S/C36H65N4O11P/c41-30(37-26-18-17-19-29(40-52)36(50)51)24-22-27(34(46)47)39-32(43)25-23-28(35(48)49)38-31(42)20-15-13-11-9-7-5-3-1-2-4-6-8-10-12-14-16-21-33(44)45/h27-29,40H,1-26,52H2,(H,37,41)(H,38,42)(H,39,43)(H,44,45)(H,46,47)(H,48,49)(H,50,51)/t27-,28-,29-/m0/s1. The number of carboxylic acid groups (broad SMARTS) is 4. The summed E-state index contributed by atoms with van der Waals surface area (Å²) in [6.07, 6.45) is 18.5. The summed E-state index contributed by atoms with van der Waals surface area (Å²) in [5, 5.41) is 46.6. The van der Waals surface area contributed by atoms with Gasteiger partial charge in [0.05, 0.1) is 0 Å². The molecular formula is C36H65N4O11P. The SMILES string of the molecule is O=C(O)CCCCCCCCCCCCCCCCCCC(=O)N[C@@H](CCC(=O)N[C@@H](CCC(=O)NCCCC[C@H](NP)C(=O)O)C(=O)O)C(=O)O. The molecular weight excluding hydrogens is 695 g/mol. The number of rotatable bonds is 36. The lowest BCUT2D eigenvalue weighted by molar-refractivity contribution is -0.143. The molecule has 52 heavy (non-hydrogen) atoms. The molecule has 3 amide bonds. The average molecular weight is 761 g/mol. The van der Waals surface area contributed by atoms with Crippen LogP contribution >= 0.6 is 9.39 Å². The summed E-state index contributed by atoms with van der Waals surface area (Å²) in [5.41, 5.74) is 0. The summed E-state index contributed by atoms with van der Waals surface area (Å²) < 4.78 is 0. The molecule has 0 aliphatic rings. The zero-order valence-electron chi connectivity index (χ0n) is 30.8. The maximum Gasteiger partial charge on any atom is 0.326 e. The van der Waals surface area contributed by atoms with Crippen LogP contribution in [0.3, 0.4) is 0 Å². The molecule has 0 aliphatic heterocycles. The summed E-state index contributed by atoms with van der Waals surface area (Å²) in [6.45, 7) is 0.291. The third kappa shape index (κ3) is 29.3. The first-order chi connectivity index (χ1) is 24.9. The number of unbranched alkanes of at least 4 members (excludes halogenated alkanes) is 16. The molecule has 0 aromatic heterocycles. The second-order valence-electron chi connectivity index (χ2n) is 13.4. The molecule has 16 heteroatoms. The molecule has 4 atom stereocenters. The monoisotopic (exact) mass is 760 g/mol. The topological polar surface area (TPSA) is 249 Å². The van der Waals surface area contributed by atoms with E-state index in [4.69, 9.17) is 10.2 Å². The summed E-state index contributed by atoms with van der Waals surface area (Å²) >= 11 is 0. The van der Waals surface area contributed by atoms with Crippen molar-refractivity contribution in [1.29, 1.82) is 0 Å². The molecule has 0 saturated heterocycles. The van der Waals surface area contributed by atoms with Crippen LogP contribution < -0.4 is 21.0 Å². The molecule has 300 valence electrons. The summed E-state index contributed by atoms with van der Waals surface area (Å²) in [6, 6.07) is -3.35. The predicted octanol–water partition coefficient (Wildman–Crippen LogP) is 4.91. The van der Waals surface area contributed by atoms with Crippen molar-refractivity contribution in [2.45, 2.75) is 179 Å². The fraction of sp³-hybridized carbons (Fsp3) is 0.806. The van der Waals surface area contributed by atoms with E-state index in [-0.39, 0.29) is 38.5 Å². The van der Waals surface area contributed by atoms with Crippen LogP contribution in [-0.2, 0) is 33.6 Å². The minimum atomic E-state index is -1.35. The number of carbonyl (C=O) groups excluding carboxylic acids is 3. The lowest BCUT2D eigenvalue weighted by Crippen LogP contribution is -2.44. The van der Waals surface area contributed by atoms with Crippen molar-refractivity contribution in [2.75, 3.05) is 6.54 Å². The zero-order chi connectivity index (χ0) is 39.0. The van der Waals surface area contributed by atoms with Crippen molar-refractivity contribution >= 4 is 51.0 Å². The van der Waals surface area contributed by atoms with Gasteiger partial charge in [-0.15, -0.1) is 0 Å². The highest BCUT2D eigenvalue weighted by Gasteiger charge is 2.24. The lowest BCUT2D eigenvalue weighted by atomic mass is 10.0. The molecule has 0 fully saturated rings. The van der Waals surface area contributed by atoms with Gasteiger partial charge in [-0.1, -0.05) is 99.3 Å². The first-order valence-corrected chi connectivity index (χ1v) is 19.7. The normalized spacial score (nSPS) is 12.7. The number of amides is 3. The van der Waals surface area contributed by atoms with E-state index in [1.807, 2.05) is 0 Å². The Morgan fingerprint density at radius 1 is 0.404 bits per heavy atom. The Labute approximate surface area is 310 Å². The fourth-order valence-corrected chi connectivity index (χ4v) is 6.01. The number of aliphatic carboxylic acids is 4. The van der Waals surface area contributed by atoms with Crippen LogP contribution in [0.25, 0.3) is 0 Å². The highest BCUT2D eigenvalue weighted by molar-refractivity contribution is 7.13. The smallest absolute Gasteiger partial charge is 0.326 e. The van der Waals surface area contributed by atoms with Gasteiger partial charge in [-0.2, -0.15) is 0 Å². The Morgan fingerprint density at radius 3 is 1.15 bits per heavy atom. The Kier molecular flexibility index (Phi) is 30.3. The maximum atomic E-state index is 12.4. The first-order valence-electron chi connectivity index (χ1n) is 19.1. The molecule has 0 bridgehead atoms. The van der Waals surface area contributed by atoms with Gasteiger partial charge in [0, 0.05) is 32.2 Å². The maximum absolute atomic E-state index is 12.4. The van der Waals surface area contributed by atoms with Crippen LogP contribution in [-0.4, -0.2) is 86.7 Å². The third-order valence-electron chi connectivity index (χ3n) is 8.87. The van der Waals surface area contributed by atoms with Crippen LogP contribution in [0.15, 0.2) is 0 Å². The third-order valence-corrected chi connectivity index (χ3v) is 9.27. The van der Waals surface area contributed by atoms with Gasteiger partial charge in [-0.3, -0.25) is 29.1 Å². The zero-order valence-corrected chi connectivity index (χ0v) is 32.0. The van der Waals surface area contributed by atoms with Crippen LogP contribution in [0.2, 0.25) is 0 Å². The van der Waals surface area contributed by atoms with Gasteiger partial charge < -0.3 is 36.4 Å². The quantitative estimate of drug-likeness (QED) is 0.0314. The van der Waals surface area contributed by atoms with Crippen molar-refractivity contribution in [3.05, 3.63) is 0 Å². The summed E-state index contributed by atoms with van der Waals surface area (Å²) in [4.78, 5) is 81.7. The summed E-state index contributed by atoms with van der Waals surface area (Å²) in [5.74, 6) is -5.85. The van der Waals surface area contributed by atoms with E-state index in [1.54, 1.807) is 0 Å². The van der Waals surface area contributed by atoms with Crippen molar-refractivity contribution in [2.24, 2.45) is 0 Å². The molecule has 0 spiro atoms. The molecule has 0 aliphatic carbocycles.